The number of rotatable bonds is 3. The maximum absolute atomic E-state index is 12.9. The molecular formula is C20H27N5O3. The molecule has 1 N–H and O–H groups in total. The molecule has 28 heavy (non-hydrogen) atoms. The molecular weight excluding hydrogens is 358 g/mol. The van der Waals surface area contributed by atoms with Crippen molar-refractivity contribution >= 4 is 22.8 Å². The third-order valence-electron chi connectivity index (χ3n) is 4.95. The fourth-order valence-electron chi connectivity index (χ4n) is 3.59. The SMILES string of the molecule is CCNC(=O)ON=c1nc(N2CCCC(C)(C)C2)c2ccccc2n(C)c1=O. The van der Waals surface area contributed by atoms with Crippen molar-refractivity contribution in [2.24, 2.45) is 17.6 Å². The maximum atomic E-state index is 12.9. The van der Waals surface area contributed by atoms with Gasteiger partial charge in [0.15, 0.2) is 0 Å². The number of amides is 1. The van der Waals surface area contributed by atoms with Gasteiger partial charge in [0.05, 0.1) is 5.52 Å². The predicted molar refractivity (Wildman–Crippen MR) is 108 cm³/mol. The minimum absolute atomic E-state index is 0.146. The topological polar surface area (TPSA) is 88.8 Å². The van der Waals surface area contributed by atoms with Crippen molar-refractivity contribution in [1.29, 1.82) is 0 Å². The molecule has 1 aliphatic heterocycles. The molecule has 1 saturated heterocycles. The summed E-state index contributed by atoms with van der Waals surface area (Å²) in [4.78, 5) is 36.1. The summed E-state index contributed by atoms with van der Waals surface area (Å²) in [5, 5.41) is 7.09. The van der Waals surface area contributed by atoms with Crippen LogP contribution in [0, 0.1) is 5.41 Å². The Hall–Kier alpha value is -2.90. The summed E-state index contributed by atoms with van der Waals surface area (Å²) in [5.41, 5.74) is 0.316. The minimum atomic E-state index is -0.719. The van der Waals surface area contributed by atoms with Crippen LogP contribution in [0.3, 0.4) is 0 Å². The van der Waals surface area contributed by atoms with Crippen molar-refractivity contribution in [3.8, 4) is 0 Å². The molecule has 0 bridgehead atoms. The lowest BCUT2D eigenvalue weighted by molar-refractivity contribution is 0.145. The number of anilines is 1. The number of hydrogen-bond donors (Lipinski definition) is 1. The van der Waals surface area contributed by atoms with Crippen LogP contribution in [0.4, 0.5) is 10.6 Å². The Morgan fingerprint density at radius 2 is 2.11 bits per heavy atom. The van der Waals surface area contributed by atoms with Crippen molar-refractivity contribution in [3.05, 3.63) is 40.1 Å². The lowest BCUT2D eigenvalue weighted by Crippen LogP contribution is -2.41. The van der Waals surface area contributed by atoms with Gasteiger partial charge in [-0.2, -0.15) is 0 Å². The molecule has 1 fully saturated rings. The van der Waals surface area contributed by atoms with E-state index in [2.05, 4.69) is 34.2 Å². The number of aromatic nitrogens is 2. The largest absolute Gasteiger partial charge is 0.433 e. The molecule has 2 aromatic rings. The molecule has 0 radical (unpaired) electrons. The number of carbonyl (C=O) groups excluding carboxylic acids is 1. The highest BCUT2D eigenvalue weighted by Crippen LogP contribution is 2.32. The molecule has 1 aromatic heterocycles. The summed E-state index contributed by atoms with van der Waals surface area (Å²) in [5.74, 6) is 0.680. The van der Waals surface area contributed by atoms with Crippen LogP contribution in [-0.2, 0) is 11.9 Å². The second kappa shape index (κ2) is 8.00. The number of para-hydroxylation sites is 1. The number of nitrogens with zero attached hydrogens (tertiary/aromatic N) is 4. The van der Waals surface area contributed by atoms with Crippen LogP contribution in [0.2, 0.25) is 0 Å². The molecule has 0 unspecified atom stereocenters. The van der Waals surface area contributed by atoms with Crippen LogP contribution in [0.15, 0.2) is 34.2 Å². The highest BCUT2D eigenvalue weighted by Gasteiger charge is 2.28. The first kappa shape index (κ1) is 19.9. The minimum Gasteiger partial charge on any atom is -0.355 e. The van der Waals surface area contributed by atoms with Gasteiger partial charge in [-0.3, -0.25) is 9.63 Å². The lowest BCUT2D eigenvalue weighted by atomic mass is 9.84. The summed E-state index contributed by atoms with van der Waals surface area (Å²) >= 11 is 0. The number of hydrogen-bond acceptors (Lipinski definition) is 6. The molecule has 1 amide bonds. The molecule has 8 nitrogen and oxygen atoms in total. The van der Waals surface area contributed by atoms with Gasteiger partial charge in [0.2, 0.25) is 0 Å². The smallest absolute Gasteiger partial charge is 0.355 e. The van der Waals surface area contributed by atoms with Gasteiger partial charge in [-0.25, -0.2) is 9.78 Å². The van der Waals surface area contributed by atoms with Gasteiger partial charge in [-0.1, -0.05) is 26.0 Å². The van der Waals surface area contributed by atoms with E-state index in [-0.39, 0.29) is 10.9 Å². The molecule has 8 heteroatoms. The number of carbonyl (C=O) groups is 1. The van der Waals surface area contributed by atoms with Crippen LogP contribution in [0.25, 0.3) is 10.9 Å². The Morgan fingerprint density at radius 1 is 1.36 bits per heavy atom. The van der Waals surface area contributed by atoms with E-state index in [1.165, 1.54) is 4.57 Å². The van der Waals surface area contributed by atoms with Gasteiger partial charge in [0.1, 0.15) is 5.82 Å². The number of aryl methyl sites for hydroxylation is 1. The molecule has 0 aliphatic carbocycles. The summed E-state index contributed by atoms with van der Waals surface area (Å²) in [6.07, 6.45) is 1.46. The summed E-state index contributed by atoms with van der Waals surface area (Å²) in [6.45, 7) is 8.30. The average Bonchev–Trinajstić information content (AvgIpc) is 2.76. The van der Waals surface area contributed by atoms with Gasteiger partial charge in [0, 0.05) is 32.1 Å². The van der Waals surface area contributed by atoms with Gasteiger partial charge in [-0.05, 0) is 42.5 Å². The van der Waals surface area contributed by atoms with Crippen LogP contribution in [-0.4, -0.2) is 35.3 Å². The highest BCUT2D eigenvalue weighted by atomic mass is 16.7. The Balaban J connectivity index is 2.23. The lowest BCUT2D eigenvalue weighted by Gasteiger charge is -2.38. The van der Waals surface area contributed by atoms with E-state index in [0.717, 1.165) is 36.8 Å². The zero-order valence-corrected chi connectivity index (χ0v) is 16.9. The second-order valence-electron chi connectivity index (χ2n) is 7.83. The van der Waals surface area contributed by atoms with E-state index in [9.17, 15) is 9.59 Å². The van der Waals surface area contributed by atoms with Crippen LogP contribution >= 0.6 is 0 Å². The molecule has 1 aliphatic rings. The van der Waals surface area contributed by atoms with Gasteiger partial charge < -0.3 is 14.8 Å². The normalized spacial score (nSPS) is 16.9. The zero-order valence-electron chi connectivity index (χ0n) is 16.9. The first-order valence-corrected chi connectivity index (χ1v) is 9.56. The molecule has 0 atom stereocenters. The van der Waals surface area contributed by atoms with E-state index < -0.39 is 11.7 Å². The van der Waals surface area contributed by atoms with Crippen LogP contribution < -0.4 is 21.3 Å². The summed E-state index contributed by atoms with van der Waals surface area (Å²) in [7, 11) is 1.67. The van der Waals surface area contributed by atoms with Gasteiger partial charge >= 0.3 is 6.09 Å². The van der Waals surface area contributed by atoms with Crippen molar-refractivity contribution in [2.75, 3.05) is 24.5 Å². The van der Waals surface area contributed by atoms with Crippen LogP contribution in [0.1, 0.15) is 33.6 Å². The standard InChI is InChI=1S/C20H27N5O3/c1-5-21-19(27)28-23-16-18(26)24(4)15-10-7-6-9-14(15)17(22-16)25-12-8-11-20(2,3)13-25/h6-7,9-10H,5,8,11-13H2,1-4H3,(H,21,27). The Kier molecular flexibility index (Phi) is 5.67. The number of benzene rings is 1. The molecule has 1 aromatic carbocycles. The number of nitrogens with one attached hydrogen (secondary N) is 1. The molecule has 150 valence electrons. The molecule has 2 heterocycles. The monoisotopic (exact) mass is 385 g/mol. The van der Waals surface area contributed by atoms with Crippen LogP contribution in [0.5, 0.6) is 0 Å². The van der Waals surface area contributed by atoms with E-state index in [4.69, 9.17) is 4.84 Å². The van der Waals surface area contributed by atoms with E-state index >= 15 is 0 Å². The first-order valence-electron chi connectivity index (χ1n) is 9.56. The average molecular weight is 385 g/mol. The molecule has 3 rings (SSSR count). The fourth-order valence-corrected chi connectivity index (χ4v) is 3.59. The summed E-state index contributed by atoms with van der Waals surface area (Å²) < 4.78 is 1.49. The quantitative estimate of drug-likeness (QED) is 0.646. The van der Waals surface area contributed by atoms with Crippen molar-refractivity contribution in [2.45, 2.75) is 33.6 Å². The fraction of sp³-hybridized carbons (Fsp3) is 0.500. The molecule has 0 saturated carbocycles. The Bertz CT molecular complexity index is 1010. The van der Waals surface area contributed by atoms with Gasteiger partial charge in [0.25, 0.3) is 11.0 Å². The number of piperidine rings is 1. The van der Waals surface area contributed by atoms with E-state index in [1.54, 1.807) is 14.0 Å². The van der Waals surface area contributed by atoms with Crippen molar-refractivity contribution < 1.29 is 9.63 Å². The predicted octanol–water partition coefficient (Wildman–Crippen LogP) is 2.12. The van der Waals surface area contributed by atoms with E-state index in [0.29, 0.717) is 12.4 Å². The third kappa shape index (κ3) is 4.16. The van der Waals surface area contributed by atoms with E-state index in [1.807, 2.05) is 24.3 Å². The third-order valence-corrected chi connectivity index (χ3v) is 4.95. The summed E-state index contributed by atoms with van der Waals surface area (Å²) in [6, 6.07) is 7.64. The Labute approximate surface area is 163 Å². The maximum Gasteiger partial charge on any atom is 0.433 e. The highest BCUT2D eigenvalue weighted by molar-refractivity contribution is 5.89. The van der Waals surface area contributed by atoms with Crippen molar-refractivity contribution in [1.82, 2.24) is 14.9 Å². The van der Waals surface area contributed by atoms with Crippen molar-refractivity contribution in [3.63, 3.8) is 0 Å². The Morgan fingerprint density at radius 3 is 2.82 bits per heavy atom. The molecule has 0 spiro atoms. The number of fused-ring (bicyclic) bond motifs is 1. The first-order chi connectivity index (χ1) is 13.3. The second-order valence-corrected chi connectivity index (χ2v) is 7.83. The van der Waals surface area contributed by atoms with Gasteiger partial charge in [-0.15, -0.1) is 0 Å². The zero-order chi connectivity index (χ0) is 20.3.